The molecule has 0 unspecified atom stereocenters. The van der Waals surface area contributed by atoms with Crippen molar-refractivity contribution in [3.8, 4) is 0 Å². The maximum atomic E-state index is 10.7. The lowest BCUT2D eigenvalue weighted by atomic mass is 10.0. The van der Waals surface area contributed by atoms with Gasteiger partial charge in [-0.05, 0) is 12.8 Å². The van der Waals surface area contributed by atoms with Gasteiger partial charge in [0.05, 0.1) is 0 Å². The van der Waals surface area contributed by atoms with E-state index in [9.17, 15) is 4.79 Å². The smallest absolute Gasteiger partial charge is 0.358 e. The summed E-state index contributed by atoms with van der Waals surface area (Å²) in [6.45, 7) is 0. The summed E-state index contributed by atoms with van der Waals surface area (Å²) >= 11 is 0. The van der Waals surface area contributed by atoms with Gasteiger partial charge in [-0.2, -0.15) is 0 Å². The van der Waals surface area contributed by atoms with Crippen LogP contribution in [0.4, 0.5) is 0 Å². The van der Waals surface area contributed by atoms with Gasteiger partial charge >= 0.3 is 5.97 Å². The molecule has 0 spiro atoms. The minimum Gasteiger partial charge on any atom is -0.476 e. The van der Waals surface area contributed by atoms with Gasteiger partial charge in [-0.25, -0.2) is 9.78 Å². The summed E-state index contributed by atoms with van der Waals surface area (Å²) in [5.41, 5.74) is 0.0897. The molecule has 0 aliphatic heterocycles. The summed E-state index contributed by atoms with van der Waals surface area (Å²) in [5.74, 6) is -0.158. The van der Waals surface area contributed by atoms with Crippen molar-refractivity contribution in [2.75, 3.05) is 0 Å². The molecule has 1 aliphatic carbocycles. The van der Waals surface area contributed by atoms with Gasteiger partial charge in [0.1, 0.15) is 5.76 Å². The first-order valence-corrected chi connectivity index (χ1v) is 4.45. The van der Waals surface area contributed by atoms with E-state index in [1.807, 2.05) is 0 Å². The zero-order chi connectivity index (χ0) is 9.26. The van der Waals surface area contributed by atoms with Crippen molar-refractivity contribution in [3.05, 3.63) is 17.8 Å². The topological polar surface area (TPSA) is 63.3 Å². The lowest BCUT2D eigenvalue weighted by Crippen LogP contribution is -2.03. The molecule has 1 fully saturated rings. The Balaban J connectivity index is 2.28. The maximum Gasteiger partial charge on any atom is 0.358 e. The second-order valence-corrected chi connectivity index (χ2v) is 3.35. The predicted octanol–water partition coefficient (Wildman–Crippen LogP) is 2.03. The number of aromatic carboxylic acids is 1. The number of hydrogen-bond donors (Lipinski definition) is 1. The number of nitrogens with zero attached hydrogens (tertiary/aromatic N) is 1. The second-order valence-electron chi connectivity index (χ2n) is 3.35. The molecular formula is C9H11NO3. The number of carboxylic acid groups (broad SMARTS) is 1. The van der Waals surface area contributed by atoms with Crippen molar-refractivity contribution in [1.82, 2.24) is 4.98 Å². The van der Waals surface area contributed by atoms with Crippen LogP contribution in [0.1, 0.15) is 47.8 Å². The molecule has 0 saturated heterocycles. The first-order valence-electron chi connectivity index (χ1n) is 4.45. The van der Waals surface area contributed by atoms with Crippen molar-refractivity contribution >= 4 is 5.97 Å². The van der Waals surface area contributed by atoms with Gasteiger partial charge in [-0.15, -0.1) is 0 Å². The van der Waals surface area contributed by atoms with E-state index in [0.717, 1.165) is 25.7 Å². The molecule has 0 bridgehead atoms. The summed E-state index contributed by atoms with van der Waals surface area (Å²) in [7, 11) is 0. The quantitative estimate of drug-likeness (QED) is 0.758. The molecule has 0 aromatic carbocycles. The van der Waals surface area contributed by atoms with E-state index in [0.29, 0.717) is 5.76 Å². The van der Waals surface area contributed by atoms with Crippen LogP contribution in [0.2, 0.25) is 0 Å². The fraction of sp³-hybridized carbons (Fsp3) is 0.556. The first kappa shape index (κ1) is 8.29. The monoisotopic (exact) mass is 181 g/mol. The first-order chi connectivity index (χ1) is 6.29. The van der Waals surface area contributed by atoms with E-state index in [-0.39, 0.29) is 11.6 Å². The second kappa shape index (κ2) is 3.20. The van der Waals surface area contributed by atoms with Gasteiger partial charge in [-0.3, -0.25) is 0 Å². The number of carboxylic acids is 1. The van der Waals surface area contributed by atoms with Crippen molar-refractivity contribution < 1.29 is 14.3 Å². The molecule has 4 nitrogen and oxygen atoms in total. The molecule has 1 aliphatic rings. The molecule has 2 rings (SSSR count). The third-order valence-corrected chi connectivity index (χ3v) is 2.52. The zero-order valence-corrected chi connectivity index (χ0v) is 7.19. The van der Waals surface area contributed by atoms with E-state index >= 15 is 0 Å². The molecule has 0 amide bonds. The van der Waals surface area contributed by atoms with Crippen LogP contribution in [-0.4, -0.2) is 16.1 Å². The Morgan fingerprint density at radius 2 is 2.23 bits per heavy atom. The highest BCUT2D eigenvalue weighted by Crippen LogP contribution is 2.35. The highest BCUT2D eigenvalue weighted by molar-refractivity contribution is 5.86. The van der Waals surface area contributed by atoms with Gasteiger partial charge in [0.15, 0.2) is 12.1 Å². The van der Waals surface area contributed by atoms with E-state index in [1.54, 1.807) is 0 Å². The van der Waals surface area contributed by atoms with Crippen LogP contribution in [0.3, 0.4) is 0 Å². The summed E-state index contributed by atoms with van der Waals surface area (Å²) in [4.78, 5) is 14.4. The Bertz CT molecular complexity index is 312. The number of rotatable bonds is 2. The van der Waals surface area contributed by atoms with E-state index in [1.165, 1.54) is 6.39 Å². The van der Waals surface area contributed by atoms with E-state index in [2.05, 4.69) is 4.98 Å². The van der Waals surface area contributed by atoms with Crippen LogP contribution in [-0.2, 0) is 0 Å². The number of carbonyl (C=O) groups is 1. The van der Waals surface area contributed by atoms with Gasteiger partial charge < -0.3 is 9.52 Å². The Morgan fingerprint density at radius 3 is 2.85 bits per heavy atom. The van der Waals surface area contributed by atoms with Gasteiger partial charge in [0, 0.05) is 5.92 Å². The van der Waals surface area contributed by atoms with Crippen LogP contribution in [0.5, 0.6) is 0 Å². The molecule has 13 heavy (non-hydrogen) atoms. The van der Waals surface area contributed by atoms with Gasteiger partial charge in [-0.1, -0.05) is 12.8 Å². The zero-order valence-electron chi connectivity index (χ0n) is 7.19. The fourth-order valence-corrected chi connectivity index (χ4v) is 1.89. The lowest BCUT2D eigenvalue weighted by Gasteiger charge is -2.04. The molecule has 1 heterocycles. The predicted molar refractivity (Wildman–Crippen MR) is 44.7 cm³/mol. The van der Waals surface area contributed by atoms with Crippen molar-refractivity contribution in [2.45, 2.75) is 31.6 Å². The fourth-order valence-electron chi connectivity index (χ4n) is 1.89. The van der Waals surface area contributed by atoms with Gasteiger partial charge in [0.2, 0.25) is 0 Å². The Hall–Kier alpha value is -1.32. The summed E-state index contributed by atoms with van der Waals surface area (Å²) in [6, 6.07) is 0. The van der Waals surface area contributed by atoms with Crippen molar-refractivity contribution in [1.29, 1.82) is 0 Å². The molecule has 4 heteroatoms. The summed E-state index contributed by atoms with van der Waals surface area (Å²) in [5, 5.41) is 8.79. The SMILES string of the molecule is O=C(O)c1ncoc1C1CCCC1. The Morgan fingerprint density at radius 1 is 1.54 bits per heavy atom. The average Bonchev–Trinajstić information content (AvgIpc) is 2.74. The van der Waals surface area contributed by atoms with Crippen LogP contribution in [0.25, 0.3) is 0 Å². The van der Waals surface area contributed by atoms with Crippen molar-refractivity contribution in [3.63, 3.8) is 0 Å². The molecule has 70 valence electrons. The van der Waals surface area contributed by atoms with Crippen LogP contribution >= 0.6 is 0 Å². The average molecular weight is 181 g/mol. The highest BCUT2D eigenvalue weighted by Gasteiger charge is 2.26. The molecule has 1 N–H and O–H groups in total. The van der Waals surface area contributed by atoms with Crippen LogP contribution in [0, 0.1) is 0 Å². The molecule has 0 radical (unpaired) electrons. The minimum absolute atomic E-state index is 0.0897. The van der Waals surface area contributed by atoms with E-state index in [4.69, 9.17) is 9.52 Å². The van der Waals surface area contributed by atoms with Crippen LogP contribution in [0.15, 0.2) is 10.8 Å². The normalized spacial score (nSPS) is 17.8. The summed E-state index contributed by atoms with van der Waals surface area (Å²) < 4.78 is 5.12. The molecule has 0 atom stereocenters. The molecule has 1 saturated carbocycles. The molecule has 1 aromatic rings. The standard InChI is InChI=1S/C9H11NO3/c11-9(12)7-8(13-5-10-7)6-3-1-2-4-6/h5-6H,1-4H2,(H,11,12). The largest absolute Gasteiger partial charge is 0.476 e. The number of hydrogen-bond acceptors (Lipinski definition) is 3. The van der Waals surface area contributed by atoms with E-state index < -0.39 is 5.97 Å². The Labute approximate surface area is 75.6 Å². The number of aromatic nitrogens is 1. The third kappa shape index (κ3) is 1.43. The minimum atomic E-state index is -0.990. The van der Waals surface area contributed by atoms with Gasteiger partial charge in [0.25, 0.3) is 0 Å². The molecular weight excluding hydrogens is 170 g/mol. The molecule has 1 aromatic heterocycles. The summed E-state index contributed by atoms with van der Waals surface area (Å²) in [6.07, 6.45) is 5.58. The van der Waals surface area contributed by atoms with Crippen molar-refractivity contribution in [2.24, 2.45) is 0 Å². The number of oxazole rings is 1. The third-order valence-electron chi connectivity index (χ3n) is 2.52. The highest BCUT2D eigenvalue weighted by atomic mass is 16.4. The lowest BCUT2D eigenvalue weighted by molar-refractivity contribution is 0.0688. The van der Waals surface area contributed by atoms with Crippen LogP contribution < -0.4 is 0 Å². The maximum absolute atomic E-state index is 10.7. The Kier molecular flexibility index (Phi) is 2.04.